The average Bonchev–Trinajstić information content (AvgIpc) is 3.70. The normalized spacial score (nSPS) is 13.8. The summed E-state index contributed by atoms with van der Waals surface area (Å²) in [6.45, 7) is 9.50. The van der Waals surface area contributed by atoms with E-state index in [9.17, 15) is 0 Å². The molecule has 0 N–H and O–H groups in total. The van der Waals surface area contributed by atoms with Gasteiger partial charge >= 0.3 is 0 Å². The fraction of sp³-hybridized carbons (Fsp3) is 0.100. The first-order chi connectivity index (χ1) is 29.8. The number of rotatable bonds is 7. The fourth-order valence-electron chi connectivity index (χ4n) is 10.6. The third-order valence-electron chi connectivity index (χ3n) is 13.4. The van der Waals surface area contributed by atoms with Crippen LogP contribution in [0.25, 0.3) is 66.8 Å². The topological polar surface area (TPSA) is 3.24 Å². The lowest BCUT2D eigenvalue weighted by atomic mass is 9.79. The van der Waals surface area contributed by atoms with Crippen molar-refractivity contribution in [2.24, 2.45) is 0 Å². The molecule has 2 aliphatic carbocycles. The number of fused-ring (bicyclic) bond motifs is 6. The number of hydrogen-bond donors (Lipinski definition) is 0. The minimum atomic E-state index is -0.121. The van der Waals surface area contributed by atoms with Gasteiger partial charge in [-0.3, -0.25) is 0 Å². The molecule has 0 radical (unpaired) electrons. The van der Waals surface area contributed by atoms with Crippen LogP contribution in [-0.2, 0) is 10.8 Å². The largest absolute Gasteiger partial charge is 0.310 e. The molecule has 0 atom stereocenters. The van der Waals surface area contributed by atoms with Crippen LogP contribution in [0.5, 0.6) is 0 Å². The molecule has 0 fully saturated rings. The van der Waals surface area contributed by atoms with Crippen LogP contribution in [0.4, 0.5) is 17.1 Å². The van der Waals surface area contributed by atoms with Gasteiger partial charge < -0.3 is 4.90 Å². The highest BCUT2D eigenvalue weighted by atomic mass is 15.1. The van der Waals surface area contributed by atoms with E-state index in [0.29, 0.717) is 0 Å². The Labute approximate surface area is 360 Å². The Morgan fingerprint density at radius 3 is 1.16 bits per heavy atom. The molecular formula is C60H47N. The molecule has 0 amide bonds. The zero-order valence-electron chi connectivity index (χ0n) is 35.2. The lowest BCUT2D eigenvalue weighted by molar-refractivity contribution is 0.662. The van der Waals surface area contributed by atoms with Crippen LogP contribution in [0.15, 0.2) is 212 Å². The minimum absolute atomic E-state index is 0.121. The van der Waals surface area contributed by atoms with Gasteiger partial charge in [-0.05, 0) is 131 Å². The van der Waals surface area contributed by atoms with E-state index >= 15 is 0 Å². The molecule has 1 heteroatoms. The number of benzene rings is 9. The van der Waals surface area contributed by atoms with Crippen LogP contribution >= 0.6 is 0 Å². The van der Waals surface area contributed by atoms with E-state index in [1.807, 2.05) is 0 Å². The van der Waals surface area contributed by atoms with Crippen molar-refractivity contribution in [3.05, 3.63) is 235 Å². The minimum Gasteiger partial charge on any atom is -0.310 e. The van der Waals surface area contributed by atoms with Crippen molar-refractivity contribution in [2.45, 2.75) is 38.5 Å². The summed E-state index contributed by atoms with van der Waals surface area (Å²) in [6.07, 6.45) is 0. The Kier molecular flexibility index (Phi) is 8.58. The van der Waals surface area contributed by atoms with Crippen molar-refractivity contribution in [3.63, 3.8) is 0 Å². The van der Waals surface area contributed by atoms with Crippen LogP contribution in [0.3, 0.4) is 0 Å². The van der Waals surface area contributed by atoms with Crippen molar-refractivity contribution in [1.82, 2.24) is 0 Å². The second kappa shape index (κ2) is 14.2. The average molecular weight is 782 g/mol. The van der Waals surface area contributed by atoms with Gasteiger partial charge in [0.2, 0.25) is 0 Å². The molecule has 0 spiro atoms. The van der Waals surface area contributed by atoms with Gasteiger partial charge in [0.1, 0.15) is 0 Å². The summed E-state index contributed by atoms with van der Waals surface area (Å²) in [7, 11) is 0. The molecule has 61 heavy (non-hydrogen) atoms. The molecule has 0 bridgehead atoms. The van der Waals surface area contributed by atoms with Gasteiger partial charge in [-0.2, -0.15) is 0 Å². The van der Waals surface area contributed by atoms with Crippen LogP contribution in [0, 0.1) is 0 Å². The van der Waals surface area contributed by atoms with E-state index in [1.165, 1.54) is 89.0 Å². The van der Waals surface area contributed by atoms with Gasteiger partial charge in [-0.25, -0.2) is 0 Å². The molecule has 9 aromatic carbocycles. The van der Waals surface area contributed by atoms with Gasteiger partial charge in [0.15, 0.2) is 0 Å². The second-order valence-electron chi connectivity index (χ2n) is 17.7. The zero-order valence-corrected chi connectivity index (χ0v) is 35.2. The summed E-state index contributed by atoms with van der Waals surface area (Å²) in [5.41, 5.74) is 23.8. The first-order valence-electron chi connectivity index (χ1n) is 21.5. The zero-order chi connectivity index (χ0) is 41.3. The van der Waals surface area contributed by atoms with Crippen molar-refractivity contribution in [1.29, 1.82) is 0 Å². The first-order valence-corrected chi connectivity index (χ1v) is 21.5. The SMILES string of the molecule is CC1(C)c2ccccc2-c2cccc(-c3cccc(N(c4ccc(-c5cccc(-c6ccccc6)c5)cc4)c4cccc(-c5cccc6c5C(C)(C)c5ccccc5-6)c4)c3)c21. The number of anilines is 3. The standard InChI is InChI=1S/C60H47N/c1-59(2)55-31-10-8-25-51(55)53-29-15-27-49(57(53)59)44-21-13-23-47(38-44)61(46-35-33-41(34-36-46)43-20-12-19-42(37-43)40-17-6-5-7-18-40)48-24-14-22-45(39-48)50-28-16-30-54-52-26-9-11-32-56(52)60(3,4)58(50)54/h5-39H,1-4H3. The van der Waals surface area contributed by atoms with Crippen molar-refractivity contribution < 1.29 is 0 Å². The Hall–Kier alpha value is -7.22. The molecule has 0 unspecified atom stereocenters. The third kappa shape index (κ3) is 5.99. The van der Waals surface area contributed by atoms with E-state index in [4.69, 9.17) is 0 Å². The van der Waals surface area contributed by atoms with Gasteiger partial charge in [0, 0.05) is 27.9 Å². The van der Waals surface area contributed by atoms with Gasteiger partial charge in [0.05, 0.1) is 0 Å². The highest BCUT2D eigenvalue weighted by Crippen LogP contribution is 2.54. The van der Waals surface area contributed by atoms with Gasteiger partial charge in [0.25, 0.3) is 0 Å². The first kappa shape index (κ1) is 36.8. The molecule has 2 aliphatic rings. The predicted octanol–water partition coefficient (Wildman–Crippen LogP) is 16.4. The highest BCUT2D eigenvalue weighted by molar-refractivity contribution is 5.92. The van der Waals surface area contributed by atoms with E-state index < -0.39 is 0 Å². The fourth-order valence-corrected chi connectivity index (χ4v) is 10.6. The lowest BCUT2D eigenvalue weighted by Gasteiger charge is -2.28. The monoisotopic (exact) mass is 781 g/mol. The maximum atomic E-state index is 2.43. The maximum Gasteiger partial charge on any atom is 0.0467 e. The molecule has 9 aromatic rings. The van der Waals surface area contributed by atoms with Crippen molar-refractivity contribution in [2.75, 3.05) is 4.90 Å². The van der Waals surface area contributed by atoms with E-state index in [1.54, 1.807) is 0 Å². The predicted molar refractivity (Wildman–Crippen MR) is 258 cm³/mol. The van der Waals surface area contributed by atoms with Crippen LogP contribution < -0.4 is 4.90 Å². The third-order valence-corrected chi connectivity index (χ3v) is 13.4. The van der Waals surface area contributed by atoms with Gasteiger partial charge in [-0.1, -0.05) is 198 Å². The molecular weight excluding hydrogens is 735 g/mol. The molecule has 0 saturated heterocycles. The van der Waals surface area contributed by atoms with Gasteiger partial charge in [-0.15, -0.1) is 0 Å². The number of nitrogens with zero attached hydrogens (tertiary/aromatic N) is 1. The maximum absolute atomic E-state index is 2.43. The molecule has 0 heterocycles. The highest BCUT2D eigenvalue weighted by Gasteiger charge is 2.38. The summed E-state index contributed by atoms with van der Waals surface area (Å²) in [6, 6.07) is 78.4. The Bertz CT molecular complexity index is 2980. The van der Waals surface area contributed by atoms with Crippen molar-refractivity contribution in [3.8, 4) is 66.8 Å². The molecule has 292 valence electrons. The van der Waals surface area contributed by atoms with E-state index in [2.05, 4.69) is 245 Å². The summed E-state index contributed by atoms with van der Waals surface area (Å²) >= 11 is 0. The smallest absolute Gasteiger partial charge is 0.0467 e. The van der Waals surface area contributed by atoms with E-state index in [0.717, 1.165) is 17.1 Å². The molecule has 1 nitrogen and oxygen atoms in total. The molecule has 11 rings (SSSR count). The summed E-state index contributed by atoms with van der Waals surface area (Å²) < 4.78 is 0. The summed E-state index contributed by atoms with van der Waals surface area (Å²) in [5, 5.41) is 0. The Balaban J connectivity index is 1.05. The summed E-state index contributed by atoms with van der Waals surface area (Å²) in [5.74, 6) is 0. The number of hydrogen-bond acceptors (Lipinski definition) is 1. The van der Waals surface area contributed by atoms with E-state index in [-0.39, 0.29) is 10.8 Å². The van der Waals surface area contributed by atoms with Crippen LogP contribution in [0.1, 0.15) is 49.9 Å². The van der Waals surface area contributed by atoms with Crippen LogP contribution in [0.2, 0.25) is 0 Å². The summed E-state index contributed by atoms with van der Waals surface area (Å²) in [4.78, 5) is 2.43. The molecule has 0 aromatic heterocycles. The Morgan fingerprint density at radius 1 is 0.262 bits per heavy atom. The Morgan fingerprint density at radius 2 is 0.639 bits per heavy atom. The van der Waals surface area contributed by atoms with Crippen molar-refractivity contribution >= 4 is 17.1 Å². The quantitative estimate of drug-likeness (QED) is 0.156. The molecule has 0 saturated carbocycles. The molecule has 0 aliphatic heterocycles. The lowest BCUT2D eigenvalue weighted by Crippen LogP contribution is -2.16. The van der Waals surface area contributed by atoms with Crippen LogP contribution in [-0.4, -0.2) is 0 Å². The second-order valence-corrected chi connectivity index (χ2v) is 17.7.